The van der Waals surface area contributed by atoms with E-state index in [-0.39, 0.29) is 5.75 Å². The molecule has 0 fully saturated rings. The molecule has 2 aromatic carbocycles. The van der Waals surface area contributed by atoms with Gasteiger partial charge in [0.05, 0.1) is 0 Å². The van der Waals surface area contributed by atoms with Crippen molar-refractivity contribution in [3.8, 4) is 16.9 Å². The van der Waals surface area contributed by atoms with Crippen LogP contribution < -0.4 is 4.65 Å². The molecule has 0 unspecified atom stereocenters. The average molecular weight is 232 g/mol. The van der Waals surface area contributed by atoms with Crippen LogP contribution in [0.25, 0.3) is 11.1 Å². The van der Waals surface area contributed by atoms with Gasteiger partial charge >= 0.3 is 7.32 Å². The van der Waals surface area contributed by atoms with Gasteiger partial charge in [0, 0.05) is 11.1 Å². The van der Waals surface area contributed by atoms with Crippen molar-refractivity contribution in [3.63, 3.8) is 0 Å². The number of para-hydroxylation sites is 1. The third kappa shape index (κ3) is 2.64. The molecule has 2 N–H and O–H groups in total. The predicted molar refractivity (Wildman–Crippen MR) is 62.7 cm³/mol. The van der Waals surface area contributed by atoms with Gasteiger partial charge in [-0.2, -0.15) is 0 Å². The molecule has 3 nitrogen and oxygen atoms in total. The summed E-state index contributed by atoms with van der Waals surface area (Å²) in [7, 11) is -1.93. The van der Waals surface area contributed by atoms with Crippen LogP contribution in [0.15, 0.2) is 48.5 Å². The lowest BCUT2D eigenvalue weighted by Gasteiger charge is -2.11. The van der Waals surface area contributed by atoms with Gasteiger partial charge in [-0.1, -0.05) is 36.4 Å². The van der Waals surface area contributed by atoms with Gasteiger partial charge in [0.25, 0.3) is 0 Å². The van der Waals surface area contributed by atoms with Crippen molar-refractivity contribution < 1.29 is 19.1 Å². The highest BCUT2D eigenvalue weighted by molar-refractivity contribution is 6.34. The van der Waals surface area contributed by atoms with Gasteiger partial charge < -0.3 is 14.7 Å². The van der Waals surface area contributed by atoms with E-state index in [0.717, 1.165) is 0 Å². The zero-order valence-electron chi connectivity index (χ0n) is 8.88. The Labute approximate surface area is 98.3 Å². The first kappa shape index (κ1) is 11.6. The lowest BCUT2D eigenvalue weighted by molar-refractivity contribution is 0.288. The van der Waals surface area contributed by atoms with E-state index >= 15 is 0 Å². The van der Waals surface area contributed by atoms with Gasteiger partial charge in [-0.05, 0) is 12.1 Å². The Bertz CT molecular complexity index is 517. The molecule has 2 aromatic rings. The molecule has 5 heteroatoms. The smallest absolute Gasteiger partial charge is 0.512 e. The summed E-state index contributed by atoms with van der Waals surface area (Å²) >= 11 is 0. The molecule has 0 bridgehead atoms. The van der Waals surface area contributed by atoms with Gasteiger partial charge in [0.2, 0.25) is 0 Å². The SMILES string of the molecule is OB(O)Oc1ccccc1-c1ccccc1F. The maximum Gasteiger partial charge on any atom is 0.707 e. The van der Waals surface area contributed by atoms with E-state index in [0.29, 0.717) is 11.1 Å². The number of hydrogen-bond acceptors (Lipinski definition) is 3. The number of benzene rings is 2. The molecule has 0 aliphatic carbocycles. The van der Waals surface area contributed by atoms with Crippen LogP contribution in [0, 0.1) is 5.82 Å². The van der Waals surface area contributed by atoms with E-state index in [2.05, 4.69) is 0 Å². The van der Waals surface area contributed by atoms with Crippen molar-refractivity contribution in [2.45, 2.75) is 0 Å². The summed E-state index contributed by atoms with van der Waals surface area (Å²) in [5, 5.41) is 17.6. The number of halogens is 1. The van der Waals surface area contributed by atoms with Gasteiger partial charge in [-0.25, -0.2) is 4.39 Å². The maximum absolute atomic E-state index is 13.6. The van der Waals surface area contributed by atoms with Crippen LogP contribution in [-0.4, -0.2) is 17.4 Å². The second-order valence-electron chi connectivity index (χ2n) is 3.42. The minimum Gasteiger partial charge on any atom is -0.512 e. The lowest BCUT2D eigenvalue weighted by atomic mass is 10.0. The van der Waals surface area contributed by atoms with Crippen LogP contribution in [0.2, 0.25) is 0 Å². The monoisotopic (exact) mass is 232 g/mol. The minimum absolute atomic E-state index is 0.215. The summed E-state index contributed by atoms with van der Waals surface area (Å²) in [4.78, 5) is 0. The second-order valence-corrected chi connectivity index (χ2v) is 3.42. The van der Waals surface area contributed by atoms with Gasteiger partial charge in [-0.15, -0.1) is 0 Å². The van der Waals surface area contributed by atoms with Crippen molar-refractivity contribution in [3.05, 3.63) is 54.3 Å². The Morgan fingerprint density at radius 2 is 1.47 bits per heavy atom. The Balaban J connectivity index is 2.48. The normalized spacial score (nSPS) is 10.1. The van der Waals surface area contributed by atoms with E-state index < -0.39 is 13.1 Å². The molecule has 17 heavy (non-hydrogen) atoms. The first-order chi connectivity index (χ1) is 8.18. The third-order valence-electron chi connectivity index (χ3n) is 2.28. The number of hydrogen-bond donors (Lipinski definition) is 2. The molecule has 0 saturated carbocycles. The number of rotatable bonds is 3. The van der Waals surface area contributed by atoms with Crippen molar-refractivity contribution >= 4 is 7.32 Å². The van der Waals surface area contributed by atoms with Crippen LogP contribution in [-0.2, 0) is 0 Å². The van der Waals surface area contributed by atoms with Crippen molar-refractivity contribution in [1.82, 2.24) is 0 Å². The summed E-state index contributed by atoms with van der Waals surface area (Å²) in [5.41, 5.74) is 0.822. The first-order valence-corrected chi connectivity index (χ1v) is 5.05. The van der Waals surface area contributed by atoms with E-state index in [9.17, 15) is 4.39 Å². The highest BCUT2D eigenvalue weighted by atomic mass is 19.1. The van der Waals surface area contributed by atoms with Crippen LogP contribution in [0.1, 0.15) is 0 Å². The Morgan fingerprint density at radius 3 is 2.12 bits per heavy atom. The topological polar surface area (TPSA) is 49.7 Å². The molecule has 0 saturated heterocycles. The highest BCUT2D eigenvalue weighted by Gasteiger charge is 2.16. The first-order valence-electron chi connectivity index (χ1n) is 5.05. The third-order valence-corrected chi connectivity index (χ3v) is 2.28. The molecule has 0 spiro atoms. The Morgan fingerprint density at radius 1 is 0.882 bits per heavy atom. The maximum atomic E-state index is 13.6. The molecular formula is C12H10BFO3. The lowest BCUT2D eigenvalue weighted by Crippen LogP contribution is -2.20. The summed E-state index contributed by atoms with van der Waals surface area (Å²) < 4.78 is 18.4. The molecule has 0 aliphatic heterocycles. The van der Waals surface area contributed by atoms with Crippen LogP contribution in [0.3, 0.4) is 0 Å². The Hall–Kier alpha value is -1.85. The average Bonchev–Trinajstić information content (AvgIpc) is 2.30. The molecule has 0 radical (unpaired) electrons. The summed E-state index contributed by atoms with van der Waals surface area (Å²) in [6, 6.07) is 12.8. The van der Waals surface area contributed by atoms with E-state index in [1.165, 1.54) is 6.07 Å². The fraction of sp³-hybridized carbons (Fsp3) is 0. The standard InChI is InChI=1S/C12H10BFO3/c14-11-7-3-1-5-9(11)10-6-2-4-8-12(10)17-13(15)16/h1-8,15-16H. The van der Waals surface area contributed by atoms with Gasteiger partial charge in [0.1, 0.15) is 11.6 Å². The molecule has 0 atom stereocenters. The fourth-order valence-electron chi connectivity index (χ4n) is 1.59. The largest absolute Gasteiger partial charge is 0.707 e. The minimum atomic E-state index is -1.93. The molecule has 86 valence electrons. The summed E-state index contributed by atoms with van der Waals surface area (Å²) in [5.74, 6) is -0.177. The predicted octanol–water partition coefficient (Wildman–Crippen LogP) is 1.84. The van der Waals surface area contributed by atoms with Gasteiger partial charge in [-0.3, -0.25) is 0 Å². The zero-order chi connectivity index (χ0) is 12.3. The quantitative estimate of drug-likeness (QED) is 0.793. The molecule has 2 rings (SSSR count). The molecule has 0 amide bonds. The van der Waals surface area contributed by atoms with Crippen LogP contribution in [0.4, 0.5) is 4.39 Å². The Kier molecular flexibility index (Phi) is 3.42. The van der Waals surface area contributed by atoms with Crippen LogP contribution in [0.5, 0.6) is 5.75 Å². The molecule has 0 aliphatic rings. The molecule has 0 aromatic heterocycles. The van der Waals surface area contributed by atoms with E-state index in [1.54, 1.807) is 42.5 Å². The van der Waals surface area contributed by atoms with Crippen molar-refractivity contribution in [2.24, 2.45) is 0 Å². The van der Waals surface area contributed by atoms with E-state index in [1.807, 2.05) is 0 Å². The summed E-state index contributed by atoms with van der Waals surface area (Å²) in [6.45, 7) is 0. The summed E-state index contributed by atoms with van der Waals surface area (Å²) in [6.07, 6.45) is 0. The van der Waals surface area contributed by atoms with Gasteiger partial charge in [0.15, 0.2) is 0 Å². The fourth-order valence-corrected chi connectivity index (χ4v) is 1.59. The van der Waals surface area contributed by atoms with Crippen molar-refractivity contribution in [2.75, 3.05) is 0 Å². The van der Waals surface area contributed by atoms with E-state index in [4.69, 9.17) is 14.7 Å². The second kappa shape index (κ2) is 4.99. The zero-order valence-corrected chi connectivity index (χ0v) is 8.88. The van der Waals surface area contributed by atoms with Crippen LogP contribution >= 0.6 is 0 Å². The molecule has 0 heterocycles. The van der Waals surface area contributed by atoms with Crippen molar-refractivity contribution in [1.29, 1.82) is 0 Å². The molecular weight excluding hydrogens is 222 g/mol. The highest BCUT2D eigenvalue weighted by Crippen LogP contribution is 2.31.